The molecular formula is C11H13BrO3. The van der Waals surface area contributed by atoms with Crippen LogP contribution in [0.15, 0.2) is 18.2 Å². The summed E-state index contributed by atoms with van der Waals surface area (Å²) in [5.41, 5.74) is 0.578. The minimum absolute atomic E-state index is 0.00102. The van der Waals surface area contributed by atoms with Gasteiger partial charge in [0, 0.05) is 6.07 Å². The summed E-state index contributed by atoms with van der Waals surface area (Å²) in [6.07, 6.45) is 0. The first-order chi connectivity index (χ1) is 7.22. The highest BCUT2D eigenvalue weighted by atomic mass is 79.9. The van der Waals surface area contributed by atoms with Crippen molar-refractivity contribution in [3.63, 3.8) is 0 Å². The second-order valence-corrected chi connectivity index (χ2v) is 3.41. The number of rotatable bonds is 5. The van der Waals surface area contributed by atoms with E-state index in [1.54, 1.807) is 25.3 Å². The molecular weight excluding hydrogens is 260 g/mol. The zero-order valence-electron chi connectivity index (χ0n) is 8.75. The molecule has 0 aromatic heterocycles. The van der Waals surface area contributed by atoms with Crippen LogP contribution in [-0.2, 0) is 0 Å². The van der Waals surface area contributed by atoms with Crippen molar-refractivity contribution in [2.45, 2.75) is 6.92 Å². The Hall–Kier alpha value is -1.03. The van der Waals surface area contributed by atoms with Crippen LogP contribution in [0.1, 0.15) is 17.3 Å². The number of carbonyl (C=O) groups is 1. The molecule has 0 aliphatic rings. The Morgan fingerprint density at radius 2 is 2.20 bits per heavy atom. The molecule has 1 aromatic rings. The van der Waals surface area contributed by atoms with Gasteiger partial charge in [-0.25, -0.2) is 0 Å². The molecule has 0 heterocycles. The van der Waals surface area contributed by atoms with Gasteiger partial charge in [0.1, 0.15) is 11.5 Å². The van der Waals surface area contributed by atoms with Gasteiger partial charge in [-0.3, -0.25) is 4.79 Å². The second kappa shape index (κ2) is 5.75. The lowest BCUT2D eigenvalue weighted by atomic mass is 10.1. The third-order valence-corrected chi connectivity index (χ3v) is 2.42. The Kier molecular flexibility index (Phi) is 4.62. The topological polar surface area (TPSA) is 35.5 Å². The van der Waals surface area contributed by atoms with Crippen LogP contribution in [0.3, 0.4) is 0 Å². The van der Waals surface area contributed by atoms with Gasteiger partial charge in [0.2, 0.25) is 0 Å². The van der Waals surface area contributed by atoms with Gasteiger partial charge in [0.25, 0.3) is 0 Å². The van der Waals surface area contributed by atoms with E-state index >= 15 is 0 Å². The smallest absolute Gasteiger partial charge is 0.177 e. The summed E-state index contributed by atoms with van der Waals surface area (Å²) in [5, 5.41) is 0.291. The molecule has 0 aliphatic carbocycles. The van der Waals surface area contributed by atoms with Gasteiger partial charge in [-0.1, -0.05) is 15.9 Å². The highest BCUT2D eigenvalue weighted by molar-refractivity contribution is 9.09. The van der Waals surface area contributed by atoms with E-state index in [2.05, 4.69) is 15.9 Å². The third-order valence-electron chi connectivity index (χ3n) is 1.91. The molecule has 0 saturated carbocycles. The fraction of sp³-hybridized carbons (Fsp3) is 0.364. The first kappa shape index (κ1) is 12.0. The highest BCUT2D eigenvalue weighted by Gasteiger charge is 2.12. The van der Waals surface area contributed by atoms with Crippen LogP contribution >= 0.6 is 15.9 Å². The van der Waals surface area contributed by atoms with E-state index in [1.165, 1.54) is 0 Å². The van der Waals surface area contributed by atoms with Crippen molar-refractivity contribution >= 4 is 21.7 Å². The molecule has 4 heteroatoms. The van der Waals surface area contributed by atoms with Crippen LogP contribution in [0.25, 0.3) is 0 Å². The monoisotopic (exact) mass is 272 g/mol. The first-order valence-corrected chi connectivity index (χ1v) is 5.75. The summed E-state index contributed by atoms with van der Waals surface area (Å²) in [6.45, 7) is 2.40. The number of alkyl halides is 1. The predicted octanol–water partition coefficient (Wildman–Crippen LogP) is 2.67. The molecule has 0 aliphatic heterocycles. The normalized spacial score (nSPS) is 9.80. The van der Waals surface area contributed by atoms with Gasteiger partial charge in [-0.2, -0.15) is 0 Å². The van der Waals surface area contributed by atoms with Crippen LogP contribution in [0.5, 0.6) is 11.5 Å². The van der Waals surface area contributed by atoms with Crippen LogP contribution < -0.4 is 9.47 Å². The molecule has 0 N–H and O–H groups in total. The van der Waals surface area contributed by atoms with Crippen molar-refractivity contribution < 1.29 is 14.3 Å². The second-order valence-electron chi connectivity index (χ2n) is 2.85. The zero-order chi connectivity index (χ0) is 11.3. The molecule has 0 amide bonds. The van der Waals surface area contributed by atoms with Gasteiger partial charge in [-0.05, 0) is 19.1 Å². The molecule has 1 rings (SSSR count). The summed E-state index contributed by atoms with van der Waals surface area (Å²) < 4.78 is 10.4. The lowest BCUT2D eigenvalue weighted by Gasteiger charge is -2.10. The minimum atomic E-state index is 0.00102. The molecule has 82 valence electrons. The molecule has 0 bridgehead atoms. The fourth-order valence-electron chi connectivity index (χ4n) is 1.21. The van der Waals surface area contributed by atoms with E-state index in [1.807, 2.05) is 6.92 Å². The Labute approximate surface area is 97.5 Å². The third kappa shape index (κ3) is 2.96. The van der Waals surface area contributed by atoms with E-state index < -0.39 is 0 Å². The van der Waals surface area contributed by atoms with Crippen molar-refractivity contribution in [2.75, 3.05) is 19.0 Å². The SMILES string of the molecule is CCOc1cc(OC)ccc1C(=O)CBr. The van der Waals surface area contributed by atoms with E-state index in [9.17, 15) is 4.79 Å². The maximum atomic E-state index is 11.5. The maximum Gasteiger partial charge on any atom is 0.177 e. The summed E-state index contributed by atoms with van der Waals surface area (Å²) in [7, 11) is 1.58. The van der Waals surface area contributed by atoms with Crippen molar-refractivity contribution in [3.05, 3.63) is 23.8 Å². The van der Waals surface area contributed by atoms with Gasteiger partial charge in [-0.15, -0.1) is 0 Å². The number of methoxy groups -OCH3 is 1. The van der Waals surface area contributed by atoms with E-state index in [-0.39, 0.29) is 5.78 Å². The summed E-state index contributed by atoms with van der Waals surface area (Å²) >= 11 is 3.14. The largest absolute Gasteiger partial charge is 0.497 e. The fourth-order valence-corrected chi connectivity index (χ4v) is 1.51. The Morgan fingerprint density at radius 1 is 1.47 bits per heavy atom. The molecule has 3 nitrogen and oxygen atoms in total. The molecule has 0 spiro atoms. The molecule has 0 radical (unpaired) electrons. The Morgan fingerprint density at radius 3 is 2.73 bits per heavy atom. The number of carbonyl (C=O) groups excluding carboxylic acids is 1. The van der Waals surface area contributed by atoms with Gasteiger partial charge >= 0.3 is 0 Å². The number of ketones is 1. The van der Waals surface area contributed by atoms with Gasteiger partial charge in [0.05, 0.1) is 24.6 Å². The molecule has 15 heavy (non-hydrogen) atoms. The number of ether oxygens (including phenoxy) is 2. The van der Waals surface area contributed by atoms with Crippen LogP contribution in [0.4, 0.5) is 0 Å². The number of benzene rings is 1. The van der Waals surface area contributed by atoms with E-state index in [4.69, 9.17) is 9.47 Å². The average Bonchev–Trinajstić information content (AvgIpc) is 2.28. The number of hydrogen-bond donors (Lipinski definition) is 0. The Bertz CT molecular complexity index is 350. The Balaban J connectivity index is 3.08. The predicted molar refractivity (Wildman–Crippen MR) is 62.3 cm³/mol. The zero-order valence-corrected chi connectivity index (χ0v) is 10.3. The van der Waals surface area contributed by atoms with Crippen molar-refractivity contribution in [3.8, 4) is 11.5 Å². The van der Waals surface area contributed by atoms with Gasteiger partial charge < -0.3 is 9.47 Å². The summed E-state index contributed by atoms with van der Waals surface area (Å²) in [6, 6.07) is 5.19. The van der Waals surface area contributed by atoms with Crippen molar-refractivity contribution in [1.29, 1.82) is 0 Å². The number of halogens is 1. The molecule has 0 unspecified atom stereocenters. The molecule has 0 atom stereocenters. The van der Waals surface area contributed by atoms with Crippen molar-refractivity contribution in [1.82, 2.24) is 0 Å². The van der Waals surface area contributed by atoms with E-state index in [0.717, 1.165) is 0 Å². The molecule has 0 fully saturated rings. The first-order valence-electron chi connectivity index (χ1n) is 4.63. The number of hydrogen-bond acceptors (Lipinski definition) is 3. The average molecular weight is 273 g/mol. The summed E-state index contributed by atoms with van der Waals surface area (Å²) in [5.74, 6) is 1.26. The summed E-state index contributed by atoms with van der Waals surface area (Å²) in [4.78, 5) is 11.5. The highest BCUT2D eigenvalue weighted by Crippen LogP contribution is 2.25. The van der Waals surface area contributed by atoms with E-state index in [0.29, 0.717) is 29.0 Å². The van der Waals surface area contributed by atoms with Crippen LogP contribution in [0.2, 0.25) is 0 Å². The maximum absolute atomic E-state index is 11.5. The number of Topliss-reactive ketones (excluding diaryl/α,β-unsaturated/α-hetero) is 1. The lowest BCUT2D eigenvalue weighted by Crippen LogP contribution is -2.05. The standard InChI is InChI=1S/C11H13BrO3/c1-3-15-11-6-8(14-2)4-5-9(11)10(13)7-12/h4-6H,3,7H2,1-2H3. The van der Waals surface area contributed by atoms with Crippen LogP contribution in [-0.4, -0.2) is 24.8 Å². The molecule has 1 aromatic carbocycles. The lowest BCUT2D eigenvalue weighted by molar-refractivity contribution is 0.102. The van der Waals surface area contributed by atoms with Crippen LogP contribution in [0, 0.1) is 0 Å². The quantitative estimate of drug-likeness (QED) is 0.611. The minimum Gasteiger partial charge on any atom is -0.497 e. The van der Waals surface area contributed by atoms with Gasteiger partial charge in [0.15, 0.2) is 5.78 Å². The molecule has 0 saturated heterocycles. The van der Waals surface area contributed by atoms with Crippen molar-refractivity contribution in [2.24, 2.45) is 0 Å².